The third kappa shape index (κ3) is 4.09. The number of carbonyl (C=O) groups excluding carboxylic acids is 1. The molecule has 126 valence electrons. The molecule has 0 fully saturated rings. The van der Waals surface area contributed by atoms with Crippen molar-refractivity contribution in [2.75, 3.05) is 0 Å². The van der Waals surface area contributed by atoms with Crippen LogP contribution in [0.25, 0.3) is 10.8 Å². The smallest absolute Gasteiger partial charge is 0.335 e. The summed E-state index contributed by atoms with van der Waals surface area (Å²) in [6.45, 7) is 1.48. The lowest BCUT2D eigenvalue weighted by Gasteiger charge is -2.03. The van der Waals surface area contributed by atoms with Crippen LogP contribution >= 0.6 is 0 Å². The highest BCUT2D eigenvalue weighted by molar-refractivity contribution is 5.98. The summed E-state index contributed by atoms with van der Waals surface area (Å²) in [4.78, 5) is 31.8. The minimum Gasteiger partial charge on any atom is -0.478 e. The van der Waals surface area contributed by atoms with Gasteiger partial charge in [0.05, 0.1) is 11.1 Å². The largest absolute Gasteiger partial charge is 0.478 e. The molecule has 0 bridgehead atoms. The number of hydrogen-bond acceptors (Lipinski definition) is 3. The molecular weight excluding hydrogens is 320 g/mol. The molecule has 0 saturated heterocycles. The summed E-state index contributed by atoms with van der Waals surface area (Å²) in [5.74, 6) is -2.22. The molecular formula is C20H16O5. The van der Waals surface area contributed by atoms with E-state index in [0.717, 1.165) is 22.6 Å². The van der Waals surface area contributed by atoms with Crippen molar-refractivity contribution in [3.8, 4) is 0 Å². The molecule has 0 unspecified atom stereocenters. The zero-order valence-corrected chi connectivity index (χ0v) is 13.5. The Kier molecular flexibility index (Phi) is 5.63. The molecule has 0 atom stereocenters. The van der Waals surface area contributed by atoms with Crippen LogP contribution in [0.5, 0.6) is 0 Å². The van der Waals surface area contributed by atoms with Gasteiger partial charge in [-0.15, -0.1) is 0 Å². The standard InChI is InChI=1S/C11H8O.C9H8O4/c12-8-10-6-3-5-9-4-1-2-7-11(9)10;1-5-6(8(10)11)3-2-4-7(5)9(12)13/h1-8H;2-4H,1H3,(H,10,11)(H,12,13). The summed E-state index contributed by atoms with van der Waals surface area (Å²) in [6, 6.07) is 17.8. The second-order valence-electron chi connectivity index (χ2n) is 5.27. The third-order valence-corrected chi connectivity index (χ3v) is 3.74. The summed E-state index contributed by atoms with van der Waals surface area (Å²) in [6.07, 6.45) is 0.891. The molecule has 5 nitrogen and oxygen atoms in total. The van der Waals surface area contributed by atoms with Gasteiger partial charge in [0.15, 0.2) is 6.29 Å². The van der Waals surface area contributed by atoms with E-state index in [4.69, 9.17) is 10.2 Å². The van der Waals surface area contributed by atoms with E-state index < -0.39 is 11.9 Å². The van der Waals surface area contributed by atoms with E-state index in [9.17, 15) is 14.4 Å². The average molecular weight is 336 g/mol. The van der Waals surface area contributed by atoms with Gasteiger partial charge in [-0.05, 0) is 35.4 Å². The summed E-state index contributed by atoms with van der Waals surface area (Å²) >= 11 is 0. The Hall–Kier alpha value is -3.47. The molecule has 0 spiro atoms. The second-order valence-corrected chi connectivity index (χ2v) is 5.27. The maximum absolute atomic E-state index is 10.6. The van der Waals surface area contributed by atoms with Crippen LogP contribution in [0.2, 0.25) is 0 Å². The van der Waals surface area contributed by atoms with Crippen molar-refractivity contribution in [2.45, 2.75) is 6.92 Å². The molecule has 3 rings (SSSR count). The van der Waals surface area contributed by atoms with Crippen LogP contribution in [0.4, 0.5) is 0 Å². The van der Waals surface area contributed by atoms with Crippen LogP contribution < -0.4 is 0 Å². The quantitative estimate of drug-likeness (QED) is 0.704. The van der Waals surface area contributed by atoms with E-state index in [-0.39, 0.29) is 16.7 Å². The van der Waals surface area contributed by atoms with Crippen LogP contribution in [-0.2, 0) is 0 Å². The second kappa shape index (κ2) is 7.88. The van der Waals surface area contributed by atoms with Crippen LogP contribution in [0.1, 0.15) is 36.6 Å². The van der Waals surface area contributed by atoms with E-state index in [1.807, 2.05) is 42.5 Å². The summed E-state index contributed by atoms with van der Waals surface area (Å²) in [7, 11) is 0. The summed E-state index contributed by atoms with van der Waals surface area (Å²) < 4.78 is 0. The number of hydrogen-bond donors (Lipinski definition) is 2. The molecule has 0 aliphatic heterocycles. The lowest BCUT2D eigenvalue weighted by atomic mass is 10.0. The lowest BCUT2D eigenvalue weighted by molar-refractivity contribution is 0.0696. The van der Waals surface area contributed by atoms with E-state index >= 15 is 0 Å². The molecule has 0 heterocycles. The first-order valence-electron chi connectivity index (χ1n) is 7.45. The number of aldehydes is 1. The van der Waals surface area contributed by atoms with Gasteiger partial charge in [-0.25, -0.2) is 9.59 Å². The van der Waals surface area contributed by atoms with Gasteiger partial charge in [0.1, 0.15) is 0 Å². The summed E-state index contributed by atoms with van der Waals surface area (Å²) in [5.41, 5.74) is 1.09. The fraction of sp³-hybridized carbons (Fsp3) is 0.0500. The highest BCUT2D eigenvalue weighted by Crippen LogP contribution is 2.16. The minimum atomic E-state index is -1.11. The van der Waals surface area contributed by atoms with Crippen molar-refractivity contribution in [3.63, 3.8) is 0 Å². The molecule has 2 N–H and O–H groups in total. The molecule has 0 aliphatic rings. The number of fused-ring (bicyclic) bond motifs is 1. The van der Waals surface area contributed by atoms with Gasteiger partial charge in [-0.3, -0.25) is 4.79 Å². The van der Waals surface area contributed by atoms with Crippen LogP contribution in [-0.4, -0.2) is 28.4 Å². The molecule has 0 saturated carbocycles. The first kappa shape index (κ1) is 17.9. The predicted octanol–water partition coefficient (Wildman–Crippen LogP) is 4.04. The van der Waals surface area contributed by atoms with Crippen molar-refractivity contribution < 1.29 is 24.6 Å². The molecule has 25 heavy (non-hydrogen) atoms. The Morgan fingerprint density at radius 1 is 0.800 bits per heavy atom. The van der Waals surface area contributed by atoms with Gasteiger partial charge >= 0.3 is 11.9 Å². The molecule has 3 aromatic rings. The van der Waals surface area contributed by atoms with Gasteiger partial charge in [-0.1, -0.05) is 48.5 Å². The Bertz CT molecular complexity index is 906. The average Bonchev–Trinajstić information content (AvgIpc) is 2.61. The van der Waals surface area contributed by atoms with Crippen molar-refractivity contribution in [3.05, 3.63) is 82.9 Å². The predicted molar refractivity (Wildman–Crippen MR) is 94.4 cm³/mol. The lowest BCUT2D eigenvalue weighted by Crippen LogP contribution is -2.06. The Morgan fingerprint density at radius 2 is 1.32 bits per heavy atom. The van der Waals surface area contributed by atoms with E-state index in [1.54, 1.807) is 0 Å². The zero-order valence-electron chi connectivity index (χ0n) is 13.5. The fourth-order valence-electron chi connectivity index (χ4n) is 2.45. The van der Waals surface area contributed by atoms with Crippen molar-refractivity contribution in [1.82, 2.24) is 0 Å². The van der Waals surface area contributed by atoms with Gasteiger partial charge in [0, 0.05) is 5.56 Å². The highest BCUT2D eigenvalue weighted by Gasteiger charge is 2.13. The number of benzene rings is 3. The third-order valence-electron chi connectivity index (χ3n) is 3.74. The van der Waals surface area contributed by atoms with Crippen molar-refractivity contribution in [1.29, 1.82) is 0 Å². The van der Waals surface area contributed by atoms with E-state index in [2.05, 4.69) is 0 Å². The van der Waals surface area contributed by atoms with Gasteiger partial charge in [0.25, 0.3) is 0 Å². The van der Waals surface area contributed by atoms with Gasteiger partial charge < -0.3 is 10.2 Å². The number of aromatic carboxylic acids is 2. The number of carboxylic acids is 2. The van der Waals surface area contributed by atoms with E-state index in [1.165, 1.54) is 25.1 Å². The number of carbonyl (C=O) groups is 3. The number of carboxylic acid groups (broad SMARTS) is 2. The molecule has 0 radical (unpaired) electrons. The molecule has 0 amide bonds. The van der Waals surface area contributed by atoms with Gasteiger partial charge in [-0.2, -0.15) is 0 Å². The minimum absolute atomic E-state index is 0.0277. The van der Waals surface area contributed by atoms with Crippen LogP contribution in [0, 0.1) is 6.92 Å². The van der Waals surface area contributed by atoms with Crippen molar-refractivity contribution >= 4 is 29.0 Å². The van der Waals surface area contributed by atoms with Crippen LogP contribution in [0.15, 0.2) is 60.7 Å². The maximum atomic E-state index is 10.6. The molecule has 5 heteroatoms. The normalized spacial score (nSPS) is 9.80. The Balaban J connectivity index is 0.000000181. The van der Waals surface area contributed by atoms with Crippen molar-refractivity contribution in [2.24, 2.45) is 0 Å². The van der Waals surface area contributed by atoms with Crippen LogP contribution in [0.3, 0.4) is 0 Å². The maximum Gasteiger partial charge on any atom is 0.335 e. The molecule has 0 aromatic heterocycles. The topological polar surface area (TPSA) is 91.7 Å². The molecule has 0 aliphatic carbocycles. The highest BCUT2D eigenvalue weighted by atomic mass is 16.4. The van der Waals surface area contributed by atoms with Gasteiger partial charge in [0.2, 0.25) is 0 Å². The van der Waals surface area contributed by atoms with E-state index in [0.29, 0.717) is 0 Å². The molecule has 3 aromatic carbocycles. The Morgan fingerprint density at radius 3 is 1.88 bits per heavy atom. The first-order chi connectivity index (χ1) is 12.0. The zero-order chi connectivity index (χ0) is 18.4. The first-order valence-corrected chi connectivity index (χ1v) is 7.45. The SMILES string of the molecule is Cc1c(C(=O)O)cccc1C(=O)O.O=Cc1cccc2ccccc12. The Labute approximate surface area is 144 Å². The monoisotopic (exact) mass is 336 g/mol. The summed E-state index contributed by atoms with van der Waals surface area (Å²) in [5, 5.41) is 19.5. The fourth-order valence-corrected chi connectivity index (χ4v) is 2.45. The number of rotatable bonds is 3.